The summed E-state index contributed by atoms with van der Waals surface area (Å²) in [6.07, 6.45) is 0. The van der Waals surface area contributed by atoms with Crippen molar-refractivity contribution >= 4 is 31.9 Å². The Bertz CT molecular complexity index is 97.5. The van der Waals surface area contributed by atoms with Crippen molar-refractivity contribution in [1.82, 2.24) is 0 Å². The lowest BCUT2D eigenvalue weighted by atomic mass is 10.1. The summed E-state index contributed by atoms with van der Waals surface area (Å²) in [6.45, 7) is 4.68. The molecule has 0 N–H and O–H groups in total. The fraction of sp³-hybridized carbons (Fsp3) is 1.00. The highest BCUT2D eigenvalue weighted by atomic mass is 79.9. The molecule has 0 aromatic rings. The van der Waals surface area contributed by atoms with E-state index in [4.69, 9.17) is 0 Å². The monoisotopic (exact) mass is 254 g/mol. The molecule has 0 aliphatic heterocycles. The summed E-state index contributed by atoms with van der Waals surface area (Å²) in [5.41, 5.74) is 0.590. The summed E-state index contributed by atoms with van der Waals surface area (Å²) in [7, 11) is 0. The molecule has 1 aliphatic rings. The average molecular weight is 256 g/mol. The Balaban J connectivity index is 2.45. The molecule has 1 rings (SSSR count). The Kier molecular flexibility index (Phi) is 2.27. The van der Waals surface area contributed by atoms with Gasteiger partial charge in [0, 0.05) is 10.7 Å². The predicted molar refractivity (Wildman–Crippen MR) is 48.3 cm³/mol. The number of halogens is 2. The van der Waals surface area contributed by atoms with E-state index in [0.29, 0.717) is 5.41 Å². The Morgan fingerprint density at radius 2 is 1.44 bits per heavy atom. The van der Waals surface area contributed by atoms with Crippen LogP contribution in [0, 0.1) is 17.3 Å². The lowest BCUT2D eigenvalue weighted by Crippen LogP contribution is -1.90. The maximum Gasteiger partial charge on any atom is 0.00680 e. The summed E-state index contributed by atoms with van der Waals surface area (Å²) >= 11 is 7.02. The van der Waals surface area contributed by atoms with Crippen LogP contribution < -0.4 is 0 Å². The molecule has 0 saturated heterocycles. The molecule has 0 aromatic carbocycles. The van der Waals surface area contributed by atoms with Gasteiger partial charge in [-0.05, 0) is 17.3 Å². The quantitative estimate of drug-likeness (QED) is 0.666. The molecule has 9 heavy (non-hydrogen) atoms. The summed E-state index contributed by atoms with van der Waals surface area (Å²) in [6, 6.07) is 0. The van der Waals surface area contributed by atoms with Crippen LogP contribution >= 0.6 is 31.9 Å². The highest BCUT2D eigenvalue weighted by Gasteiger charge is 2.55. The van der Waals surface area contributed by atoms with Gasteiger partial charge in [-0.25, -0.2) is 0 Å². The fourth-order valence-electron chi connectivity index (χ4n) is 1.47. The van der Waals surface area contributed by atoms with Gasteiger partial charge >= 0.3 is 0 Å². The Morgan fingerprint density at radius 1 is 1.11 bits per heavy atom. The molecule has 0 nitrogen and oxygen atoms in total. The number of alkyl halides is 2. The van der Waals surface area contributed by atoms with E-state index in [0.717, 1.165) is 22.5 Å². The summed E-state index contributed by atoms with van der Waals surface area (Å²) in [5, 5.41) is 2.33. The Morgan fingerprint density at radius 3 is 1.56 bits per heavy atom. The zero-order chi connectivity index (χ0) is 7.07. The molecule has 1 fully saturated rings. The Labute approximate surface area is 73.7 Å². The van der Waals surface area contributed by atoms with Gasteiger partial charge in [0.2, 0.25) is 0 Å². The molecule has 0 radical (unpaired) electrons. The number of hydrogen-bond donors (Lipinski definition) is 0. The summed E-state index contributed by atoms with van der Waals surface area (Å²) < 4.78 is 0. The average Bonchev–Trinajstić information content (AvgIpc) is 2.32. The molecule has 0 heterocycles. The van der Waals surface area contributed by atoms with Crippen LogP contribution in [-0.2, 0) is 0 Å². The van der Waals surface area contributed by atoms with Gasteiger partial charge in [-0.2, -0.15) is 0 Å². The van der Waals surface area contributed by atoms with E-state index in [2.05, 4.69) is 45.7 Å². The summed E-state index contributed by atoms with van der Waals surface area (Å²) in [4.78, 5) is 0. The zero-order valence-electron chi connectivity index (χ0n) is 5.82. The van der Waals surface area contributed by atoms with E-state index < -0.39 is 0 Å². The van der Waals surface area contributed by atoms with Crippen LogP contribution in [0.25, 0.3) is 0 Å². The second-order valence-corrected chi connectivity index (χ2v) is 4.64. The van der Waals surface area contributed by atoms with Crippen LogP contribution in [0.1, 0.15) is 13.8 Å². The van der Waals surface area contributed by atoms with Gasteiger partial charge < -0.3 is 0 Å². The van der Waals surface area contributed by atoms with E-state index in [1.165, 1.54) is 0 Å². The molecule has 0 aromatic heterocycles. The summed E-state index contributed by atoms with van der Waals surface area (Å²) in [5.74, 6) is 1.80. The van der Waals surface area contributed by atoms with Crippen molar-refractivity contribution in [3.8, 4) is 0 Å². The van der Waals surface area contributed by atoms with Gasteiger partial charge in [-0.1, -0.05) is 45.7 Å². The molecule has 1 saturated carbocycles. The van der Waals surface area contributed by atoms with Gasteiger partial charge in [0.05, 0.1) is 0 Å². The minimum Gasteiger partial charge on any atom is -0.0925 e. The van der Waals surface area contributed by atoms with E-state index in [1.807, 2.05) is 0 Å². The van der Waals surface area contributed by atoms with Gasteiger partial charge in [-0.15, -0.1) is 0 Å². The van der Waals surface area contributed by atoms with Crippen molar-refractivity contribution in [3.63, 3.8) is 0 Å². The number of hydrogen-bond acceptors (Lipinski definition) is 0. The molecule has 0 bridgehead atoms. The largest absolute Gasteiger partial charge is 0.0925 e. The first-order valence-corrected chi connectivity index (χ1v) is 5.50. The maximum atomic E-state index is 3.51. The minimum absolute atomic E-state index is 0.590. The molecule has 54 valence electrons. The molecule has 1 aliphatic carbocycles. The van der Waals surface area contributed by atoms with Crippen LogP contribution in [0.2, 0.25) is 0 Å². The van der Waals surface area contributed by atoms with Crippen molar-refractivity contribution in [2.75, 3.05) is 10.7 Å². The van der Waals surface area contributed by atoms with Crippen LogP contribution in [0.4, 0.5) is 0 Å². The lowest BCUT2D eigenvalue weighted by molar-refractivity contribution is 0.565. The standard InChI is InChI=1S/C7H12Br2/c1-7(2)5(3-8)6(7)4-9/h5-6H,3-4H2,1-2H3. The normalized spacial score (nSPS) is 38.7. The molecule has 2 heteroatoms. The van der Waals surface area contributed by atoms with E-state index >= 15 is 0 Å². The van der Waals surface area contributed by atoms with Gasteiger partial charge in [0.25, 0.3) is 0 Å². The van der Waals surface area contributed by atoms with Gasteiger partial charge in [0.15, 0.2) is 0 Å². The van der Waals surface area contributed by atoms with E-state index in [9.17, 15) is 0 Å². The van der Waals surface area contributed by atoms with Crippen molar-refractivity contribution < 1.29 is 0 Å². The van der Waals surface area contributed by atoms with Crippen LogP contribution in [0.5, 0.6) is 0 Å². The third-order valence-corrected chi connectivity index (χ3v) is 4.02. The zero-order valence-corrected chi connectivity index (χ0v) is 9.00. The first-order valence-electron chi connectivity index (χ1n) is 3.26. The van der Waals surface area contributed by atoms with Crippen molar-refractivity contribution in [1.29, 1.82) is 0 Å². The fourth-order valence-corrected chi connectivity index (χ4v) is 4.04. The van der Waals surface area contributed by atoms with E-state index in [-0.39, 0.29) is 0 Å². The van der Waals surface area contributed by atoms with Gasteiger partial charge in [-0.3, -0.25) is 0 Å². The third-order valence-electron chi connectivity index (χ3n) is 2.62. The maximum absolute atomic E-state index is 3.51. The number of rotatable bonds is 2. The second-order valence-electron chi connectivity index (χ2n) is 3.34. The first kappa shape index (κ1) is 8.06. The molecule has 2 unspecified atom stereocenters. The SMILES string of the molecule is CC1(C)C(CBr)C1CBr. The third kappa shape index (κ3) is 1.21. The molecule has 0 spiro atoms. The van der Waals surface area contributed by atoms with Crippen molar-refractivity contribution in [3.05, 3.63) is 0 Å². The molecule has 2 atom stereocenters. The van der Waals surface area contributed by atoms with Crippen molar-refractivity contribution in [2.45, 2.75) is 13.8 Å². The highest BCUT2D eigenvalue weighted by molar-refractivity contribution is 9.09. The van der Waals surface area contributed by atoms with Crippen LogP contribution in [-0.4, -0.2) is 10.7 Å². The van der Waals surface area contributed by atoms with E-state index in [1.54, 1.807) is 0 Å². The lowest BCUT2D eigenvalue weighted by Gasteiger charge is -1.96. The minimum atomic E-state index is 0.590. The Hall–Kier alpha value is 0.960. The second kappa shape index (κ2) is 2.54. The van der Waals surface area contributed by atoms with Crippen LogP contribution in [0.15, 0.2) is 0 Å². The topological polar surface area (TPSA) is 0 Å². The molecule has 0 amide bonds. The first-order chi connectivity index (χ1) is 4.14. The molecular formula is C7H12Br2. The van der Waals surface area contributed by atoms with Gasteiger partial charge in [0.1, 0.15) is 0 Å². The van der Waals surface area contributed by atoms with Crippen molar-refractivity contribution in [2.24, 2.45) is 17.3 Å². The molecular weight excluding hydrogens is 244 g/mol. The van der Waals surface area contributed by atoms with Crippen LogP contribution in [0.3, 0.4) is 0 Å². The predicted octanol–water partition coefficient (Wildman–Crippen LogP) is 3.05. The smallest absolute Gasteiger partial charge is 0.00680 e. The highest BCUT2D eigenvalue weighted by Crippen LogP contribution is 2.59.